The number of carbonyl (C=O) groups excluding carboxylic acids is 1. The van der Waals surface area contributed by atoms with Gasteiger partial charge in [-0.05, 0) is 47.2 Å². The Hall–Kier alpha value is -1.60. The van der Waals surface area contributed by atoms with Crippen molar-refractivity contribution in [1.29, 1.82) is 0 Å². The molecule has 2 heterocycles. The van der Waals surface area contributed by atoms with Crippen LogP contribution in [0.5, 0.6) is 0 Å². The van der Waals surface area contributed by atoms with Gasteiger partial charge in [-0.3, -0.25) is 4.68 Å². The van der Waals surface area contributed by atoms with Gasteiger partial charge in [0.05, 0.1) is 31.1 Å². The molecule has 1 aromatic rings. The van der Waals surface area contributed by atoms with E-state index in [1.165, 1.54) is 11.3 Å². The Morgan fingerprint density at radius 2 is 2.16 bits per heavy atom. The van der Waals surface area contributed by atoms with Gasteiger partial charge in [0.15, 0.2) is 0 Å². The van der Waals surface area contributed by atoms with Gasteiger partial charge < -0.3 is 19.9 Å². The number of amides is 2. The zero-order valence-electron chi connectivity index (χ0n) is 15.9. The molecule has 0 aromatic carbocycles. The predicted molar refractivity (Wildman–Crippen MR) is 96.5 cm³/mol. The lowest BCUT2D eigenvalue weighted by molar-refractivity contribution is 0.102. The first kappa shape index (κ1) is 18.2. The maximum Gasteiger partial charge on any atom is 0.317 e. The molecular weight excluding hydrogens is 318 g/mol. The van der Waals surface area contributed by atoms with E-state index in [9.17, 15) is 4.79 Å². The van der Waals surface area contributed by atoms with E-state index in [4.69, 9.17) is 9.84 Å². The number of carbonyl (C=O) groups is 1. The Bertz CT molecular complexity index is 607. The average molecular weight is 349 g/mol. The van der Waals surface area contributed by atoms with Gasteiger partial charge in [-0.2, -0.15) is 5.10 Å². The van der Waals surface area contributed by atoms with Crippen molar-refractivity contribution in [2.24, 2.45) is 0 Å². The van der Waals surface area contributed by atoms with E-state index >= 15 is 0 Å². The fourth-order valence-electron chi connectivity index (χ4n) is 3.14. The number of nitrogens with zero attached hydrogens (tertiary/aromatic N) is 4. The Morgan fingerprint density at radius 1 is 1.40 bits per heavy atom. The zero-order valence-corrected chi connectivity index (χ0v) is 15.9. The minimum absolute atomic E-state index is 0.0634. The van der Waals surface area contributed by atoms with Gasteiger partial charge in [-0.15, -0.1) is 0 Å². The molecule has 0 bridgehead atoms. The summed E-state index contributed by atoms with van der Waals surface area (Å²) in [5.41, 5.74) is 3.47. The summed E-state index contributed by atoms with van der Waals surface area (Å²) in [6, 6.07) is 0.730. The molecule has 140 valence electrons. The van der Waals surface area contributed by atoms with Crippen LogP contribution in [0, 0.1) is 0 Å². The van der Waals surface area contributed by atoms with Crippen LogP contribution in [-0.4, -0.2) is 65.4 Å². The lowest BCUT2D eigenvalue weighted by Crippen LogP contribution is -2.44. The molecule has 2 aliphatic rings. The molecule has 1 N–H and O–H groups in total. The fourth-order valence-corrected chi connectivity index (χ4v) is 3.14. The molecule has 0 saturated heterocycles. The zero-order chi connectivity index (χ0) is 18.0. The fraction of sp³-hybridized carbons (Fsp3) is 0.778. The highest BCUT2D eigenvalue weighted by molar-refractivity contribution is 5.75. The van der Waals surface area contributed by atoms with Crippen LogP contribution in [0.1, 0.15) is 49.7 Å². The standard InChI is InChI=1S/C18H31N5O2/c1-13(2)23-17-11-22(18(24)19-14-5-6-14)8-7-15(17)16(20-23)12-25-10-9-21(3)4/h13-14H,5-12H2,1-4H3,(H,19,24). The molecule has 1 fully saturated rings. The van der Waals surface area contributed by atoms with Crippen molar-refractivity contribution in [2.75, 3.05) is 33.8 Å². The monoisotopic (exact) mass is 349 g/mol. The topological polar surface area (TPSA) is 62.6 Å². The third-order valence-corrected chi connectivity index (χ3v) is 4.78. The van der Waals surface area contributed by atoms with Gasteiger partial charge in [-0.25, -0.2) is 4.79 Å². The first-order valence-electron chi connectivity index (χ1n) is 9.32. The number of ether oxygens (including phenoxy) is 1. The average Bonchev–Trinajstić information content (AvgIpc) is 3.30. The maximum atomic E-state index is 12.4. The van der Waals surface area contributed by atoms with Crippen LogP contribution in [-0.2, 0) is 24.3 Å². The summed E-state index contributed by atoms with van der Waals surface area (Å²) in [5, 5.41) is 7.89. The number of hydrogen-bond donors (Lipinski definition) is 1. The van der Waals surface area contributed by atoms with E-state index in [0.717, 1.165) is 38.0 Å². The normalized spacial score (nSPS) is 17.3. The minimum atomic E-state index is 0.0634. The molecule has 0 radical (unpaired) electrons. The van der Waals surface area contributed by atoms with Gasteiger partial charge in [0.1, 0.15) is 0 Å². The number of nitrogens with one attached hydrogen (secondary N) is 1. The molecule has 0 spiro atoms. The number of urea groups is 1. The molecule has 0 atom stereocenters. The van der Waals surface area contributed by atoms with Crippen LogP contribution in [0.2, 0.25) is 0 Å². The molecule has 0 unspecified atom stereocenters. The molecule has 25 heavy (non-hydrogen) atoms. The molecule has 7 heteroatoms. The van der Waals surface area contributed by atoms with Crippen LogP contribution in [0.25, 0.3) is 0 Å². The van der Waals surface area contributed by atoms with Crippen LogP contribution < -0.4 is 5.32 Å². The minimum Gasteiger partial charge on any atom is -0.374 e. The third-order valence-electron chi connectivity index (χ3n) is 4.78. The second kappa shape index (κ2) is 7.74. The van der Waals surface area contributed by atoms with E-state index in [2.05, 4.69) is 28.7 Å². The SMILES string of the molecule is CC(C)n1nc(COCCN(C)C)c2c1CN(C(=O)NC1CC1)CC2. The summed E-state index contributed by atoms with van der Waals surface area (Å²) in [6.07, 6.45) is 3.08. The first-order valence-corrected chi connectivity index (χ1v) is 9.32. The van der Waals surface area contributed by atoms with Crippen molar-refractivity contribution in [3.05, 3.63) is 17.0 Å². The van der Waals surface area contributed by atoms with Gasteiger partial charge in [0.2, 0.25) is 0 Å². The largest absolute Gasteiger partial charge is 0.374 e. The van der Waals surface area contributed by atoms with Gasteiger partial charge in [-0.1, -0.05) is 0 Å². The number of fused-ring (bicyclic) bond motifs is 1. The van der Waals surface area contributed by atoms with Crippen molar-refractivity contribution in [1.82, 2.24) is 24.9 Å². The van der Waals surface area contributed by atoms with Crippen molar-refractivity contribution < 1.29 is 9.53 Å². The van der Waals surface area contributed by atoms with E-state index in [0.29, 0.717) is 25.8 Å². The molecule has 1 aromatic heterocycles. The predicted octanol–water partition coefficient (Wildman–Crippen LogP) is 1.77. The van der Waals surface area contributed by atoms with Crippen LogP contribution in [0.3, 0.4) is 0 Å². The maximum absolute atomic E-state index is 12.4. The Kier molecular flexibility index (Phi) is 5.64. The summed E-state index contributed by atoms with van der Waals surface area (Å²) in [5.74, 6) is 0. The van der Waals surface area contributed by atoms with E-state index in [1.807, 2.05) is 19.0 Å². The number of hydrogen-bond acceptors (Lipinski definition) is 4. The Morgan fingerprint density at radius 3 is 2.80 bits per heavy atom. The van der Waals surface area contributed by atoms with Gasteiger partial charge in [0.25, 0.3) is 0 Å². The van der Waals surface area contributed by atoms with Crippen molar-refractivity contribution in [2.45, 2.75) is 58.3 Å². The molecule has 1 saturated carbocycles. The van der Waals surface area contributed by atoms with E-state index < -0.39 is 0 Å². The smallest absolute Gasteiger partial charge is 0.317 e. The number of aromatic nitrogens is 2. The molecule has 7 nitrogen and oxygen atoms in total. The highest BCUT2D eigenvalue weighted by Crippen LogP contribution is 2.26. The Balaban J connectivity index is 1.68. The Labute approximate surface area is 150 Å². The second-order valence-electron chi connectivity index (χ2n) is 7.66. The molecule has 1 aliphatic heterocycles. The summed E-state index contributed by atoms with van der Waals surface area (Å²) >= 11 is 0. The summed E-state index contributed by atoms with van der Waals surface area (Å²) in [6.45, 7) is 7.80. The summed E-state index contributed by atoms with van der Waals surface area (Å²) < 4.78 is 7.88. The lowest BCUT2D eigenvalue weighted by Gasteiger charge is -2.28. The van der Waals surface area contributed by atoms with Crippen molar-refractivity contribution in [3.8, 4) is 0 Å². The van der Waals surface area contributed by atoms with Crippen molar-refractivity contribution >= 4 is 6.03 Å². The van der Waals surface area contributed by atoms with Crippen LogP contribution >= 0.6 is 0 Å². The summed E-state index contributed by atoms with van der Waals surface area (Å²) in [4.78, 5) is 16.4. The first-order chi connectivity index (χ1) is 12.0. The van der Waals surface area contributed by atoms with Crippen LogP contribution in [0.15, 0.2) is 0 Å². The van der Waals surface area contributed by atoms with E-state index in [-0.39, 0.29) is 12.1 Å². The highest BCUT2D eigenvalue weighted by atomic mass is 16.5. The second-order valence-corrected chi connectivity index (χ2v) is 7.66. The lowest BCUT2D eigenvalue weighted by atomic mass is 10.0. The van der Waals surface area contributed by atoms with Crippen molar-refractivity contribution in [3.63, 3.8) is 0 Å². The third kappa shape index (κ3) is 4.52. The molecule has 1 aliphatic carbocycles. The van der Waals surface area contributed by atoms with E-state index in [1.54, 1.807) is 0 Å². The van der Waals surface area contributed by atoms with Gasteiger partial charge >= 0.3 is 6.03 Å². The molecule has 2 amide bonds. The van der Waals surface area contributed by atoms with Crippen LogP contribution in [0.4, 0.5) is 4.79 Å². The van der Waals surface area contributed by atoms with Gasteiger partial charge in [0, 0.05) is 30.7 Å². The molecule has 3 rings (SSSR count). The molecular formula is C18H31N5O2. The quantitative estimate of drug-likeness (QED) is 0.762. The number of rotatable bonds is 7. The number of likely N-dealkylation sites (N-methyl/N-ethyl adjacent to an activating group) is 1. The summed E-state index contributed by atoms with van der Waals surface area (Å²) in [7, 11) is 4.08. The highest BCUT2D eigenvalue weighted by Gasteiger charge is 2.31.